The van der Waals surface area contributed by atoms with Gasteiger partial charge in [-0.2, -0.15) is 0 Å². The molecule has 2 N–H and O–H groups in total. The van der Waals surface area contributed by atoms with Crippen molar-refractivity contribution in [2.45, 2.75) is 51.4 Å². The third-order valence-electron chi connectivity index (χ3n) is 4.07. The van der Waals surface area contributed by atoms with Gasteiger partial charge in [-0.1, -0.05) is 19.3 Å². The molecule has 3 nitrogen and oxygen atoms in total. The van der Waals surface area contributed by atoms with Crippen LogP contribution in [0.4, 0.5) is 0 Å². The molecule has 0 aromatic heterocycles. The summed E-state index contributed by atoms with van der Waals surface area (Å²) in [6.07, 6.45) is 8.96. The van der Waals surface area contributed by atoms with Crippen LogP contribution in [-0.4, -0.2) is 24.2 Å². The van der Waals surface area contributed by atoms with Crippen LogP contribution in [0.3, 0.4) is 0 Å². The summed E-state index contributed by atoms with van der Waals surface area (Å²) in [5, 5.41) is 12.5. The van der Waals surface area contributed by atoms with E-state index in [0.717, 1.165) is 31.8 Å². The lowest BCUT2D eigenvalue weighted by molar-refractivity contribution is -0.140. The van der Waals surface area contributed by atoms with Gasteiger partial charge in [0.2, 0.25) is 0 Å². The Kier molecular flexibility index (Phi) is 3.85. The van der Waals surface area contributed by atoms with Gasteiger partial charge >= 0.3 is 5.97 Å². The zero-order valence-corrected chi connectivity index (χ0v) is 10.0. The second kappa shape index (κ2) is 5.17. The predicted octanol–water partition coefficient (Wildman–Crippen LogP) is 2.41. The highest BCUT2D eigenvalue weighted by molar-refractivity contribution is 5.67. The second-order valence-electron chi connectivity index (χ2n) is 5.71. The van der Waals surface area contributed by atoms with E-state index in [1.807, 2.05) is 0 Å². The van der Waals surface area contributed by atoms with Gasteiger partial charge in [0.15, 0.2) is 0 Å². The highest BCUT2D eigenvalue weighted by Gasteiger charge is 2.34. The predicted molar refractivity (Wildman–Crippen MR) is 63.4 cm³/mol. The van der Waals surface area contributed by atoms with E-state index in [1.54, 1.807) is 0 Å². The Balaban J connectivity index is 1.81. The lowest BCUT2D eigenvalue weighted by Crippen LogP contribution is -2.38. The van der Waals surface area contributed by atoms with Gasteiger partial charge in [0.1, 0.15) is 0 Å². The monoisotopic (exact) mass is 225 g/mol. The normalized spacial score (nSPS) is 24.2. The summed E-state index contributed by atoms with van der Waals surface area (Å²) in [5.41, 5.74) is 0.0545. The van der Waals surface area contributed by atoms with Crippen LogP contribution in [0.15, 0.2) is 0 Å². The number of hydrogen-bond donors (Lipinski definition) is 2. The summed E-state index contributed by atoms with van der Waals surface area (Å²) in [6, 6.07) is 0. The molecule has 2 rings (SSSR count). The minimum Gasteiger partial charge on any atom is -0.481 e. The van der Waals surface area contributed by atoms with Crippen LogP contribution < -0.4 is 5.32 Å². The molecule has 2 fully saturated rings. The Labute approximate surface area is 97.6 Å². The Hall–Kier alpha value is -0.570. The summed E-state index contributed by atoms with van der Waals surface area (Å²) >= 11 is 0. The first-order valence-electron chi connectivity index (χ1n) is 6.63. The van der Waals surface area contributed by atoms with E-state index in [-0.39, 0.29) is 5.41 Å². The summed E-state index contributed by atoms with van der Waals surface area (Å²) in [6.45, 7) is 2.01. The lowest BCUT2D eigenvalue weighted by Gasteiger charge is -2.36. The van der Waals surface area contributed by atoms with E-state index in [4.69, 9.17) is 5.11 Å². The fourth-order valence-corrected chi connectivity index (χ4v) is 2.90. The molecule has 2 aliphatic rings. The average Bonchev–Trinajstić information content (AvgIpc) is 3.02. The van der Waals surface area contributed by atoms with Crippen molar-refractivity contribution in [2.24, 2.45) is 11.3 Å². The summed E-state index contributed by atoms with van der Waals surface area (Å²) in [5.74, 6) is 0.251. The minimum atomic E-state index is -0.630. The first kappa shape index (κ1) is 11.9. The highest BCUT2D eigenvalue weighted by Crippen LogP contribution is 2.39. The van der Waals surface area contributed by atoms with E-state index in [0.29, 0.717) is 6.42 Å². The van der Waals surface area contributed by atoms with Gasteiger partial charge in [0.05, 0.1) is 6.42 Å². The number of nitrogens with one attached hydrogen (secondary N) is 1. The first-order valence-corrected chi connectivity index (χ1v) is 6.63. The van der Waals surface area contributed by atoms with Gasteiger partial charge in [0, 0.05) is 6.54 Å². The van der Waals surface area contributed by atoms with Crippen molar-refractivity contribution in [3.8, 4) is 0 Å². The van der Waals surface area contributed by atoms with E-state index in [9.17, 15) is 4.79 Å². The van der Waals surface area contributed by atoms with Gasteiger partial charge < -0.3 is 10.4 Å². The second-order valence-corrected chi connectivity index (χ2v) is 5.71. The lowest BCUT2D eigenvalue weighted by atomic mass is 9.71. The van der Waals surface area contributed by atoms with Crippen LogP contribution in [0, 0.1) is 11.3 Å². The molecule has 2 aliphatic carbocycles. The Morgan fingerprint density at radius 2 is 1.94 bits per heavy atom. The summed E-state index contributed by atoms with van der Waals surface area (Å²) < 4.78 is 0. The molecule has 0 radical (unpaired) electrons. The van der Waals surface area contributed by atoms with Crippen LogP contribution >= 0.6 is 0 Å². The topological polar surface area (TPSA) is 49.3 Å². The minimum absolute atomic E-state index is 0.0545. The molecular formula is C13H23NO2. The number of carboxylic acids is 1. The number of carbonyl (C=O) groups is 1. The molecule has 0 aromatic carbocycles. The molecule has 0 amide bonds. The van der Waals surface area contributed by atoms with Gasteiger partial charge in [-0.05, 0) is 43.6 Å². The van der Waals surface area contributed by atoms with Crippen molar-refractivity contribution in [3.63, 3.8) is 0 Å². The van der Waals surface area contributed by atoms with Crippen LogP contribution in [-0.2, 0) is 4.79 Å². The molecule has 16 heavy (non-hydrogen) atoms. The molecule has 0 bridgehead atoms. The van der Waals surface area contributed by atoms with Crippen molar-refractivity contribution < 1.29 is 9.90 Å². The number of rotatable bonds is 6. The maximum absolute atomic E-state index is 11.0. The molecule has 0 heterocycles. The largest absolute Gasteiger partial charge is 0.481 e. The molecule has 0 aliphatic heterocycles. The molecule has 0 unspecified atom stereocenters. The van der Waals surface area contributed by atoms with Crippen LogP contribution in [0.5, 0.6) is 0 Å². The van der Waals surface area contributed by atoms with Crippen molar-refractivity contribution in [3.05, 3.63) is 0 Å². The molecule has 0 spiro atoms. The zero-order valence-electron chi connectivity index (χ0n) is 10.0. The maximum Gasteiger partial charge on any atom is 0.303 e. The molecule has 2 saturated carbocycles. The van der Waals surface area contributed by atoms with Gasteiger partial charge in [-0.15, -0.1) is 0 Å². The maximum atomic E-state index is 11.0. The van der Waals surface area contributed by atoms with Crippen molar-refractivity contribution in [1.29, 1.82) is 0 Å². The van der Waals surface area contributed by atoms with E-state index in [1.165, 1.54) is 32.1 Å². The summed E-state index contributed by atoms with van der Waals surface area (Å²) in [4.78, 5) is 11.0. The van der Waals surface area contributed by atoms with E-state index >= 15 is 0 Å². The molecule has 92 valence electrons. The number of hydrogen-bond acceptors (Lipinski definition) is 2. The van der Waals surface area contributed by atoms with Crippen LogP contribution in [0.1, 0.15) is 51.4 Å². The van der Waals surface area contributed by atoms with E-state index < -0.39 is 5.97 Å². The third-order valence-corrected chi connectivity index (χ3v) is 4.07. The van der Waals surface area contributed by atoms with E-state index in [2.05, 4.69) is 5.32 Å². The summed E-state index contributed by atoms with van der Waals surface area (Å²) in [7, 11) is 0. The SMILES string of the molecule is O=C(O)CC1(CNCC2CC2)CCCCC1. The van der Waals surface area contributed by atoms with Gasteiger partial charge in [-0.25, -0.2) is 0 Å². The standard InChI is InChI=1S/C13H23NO2/c15-12(16)8-13(6-2-1-3-7-13)10-14-9-11-4-5-11/h11,14H,1-10H2,(H,15,16). The highest BCUT2D eigenvalue weighted by atomic mass is 16.4. The molecule has 0 saturated heterocycles. The smallest absolute Gasteiger partial charge is 0.303 e. The molecule has 0 atom stereocenters. The van der Waals surface area contributed by atoms with Crippen molar-refractivity contribution >= 4 is 5.97 Å². The average molecular weight is 225 g/mol. The van der Waals surface area contributed by atoms with Crippen LogP contribution in [0.2, 0.25) is 0 Å². The molecule has 3 heteroatoms. The van der Waals surface area contributed by atoms with Crippen molar-refractivity contribution in [1.82, 2.24) is 5.32 Å². The Morgan fingerprint density at radius 1 is 1.25 bits per heavy atom. The number of carboxylic acid groups (broad SMARTS) is 1. The first-order chi connectivity index (χ1) is 7.70. The quantitative estimate of drug-likeness (QED) is 0.730. The fourth-order valence-electron chi connectivity index (χ4n) is 2.90. The fraction of sp³-hybridized carbons (Fsp3) is 0.923. The van der Waals surface area contributed by atoms with Gasteiger partial charge in [-0.3, -0.25) is 4.79 Å². The van der Waals surface area contributed by atoms with Crippen molar-refractivity contribution in [2.75, 3.05) is 13.1 Å². The van der Waals surface area contributed by atoms with Gasteiger partial charge in [0.25, 0.3) is 0 Å². The third kappa shape index (κ3) is 3.48. The Morgan fingerprint density at radius 3 is 2.50 bits per heavy atom. The number of aliphatic carboxylic acids is 1. The Bertz CT molecular complexity index is 242. The van der Waals surface area contributed by atoms with Crippen LogP contribution in [0.25, 0.3) is 0 Å². The molecular weight excluding hydrogens is 202 g/mol. The zero-order chi connectivity index (χ0) is 11.4. The molecule has 0 aromatic rings.